The largest absolute Gasteiger partial charge is 0.395 e. The molecule has 2 N–H and O–H groups in total. The van der Waals surface area contributed by atoms with Crippen LogP contribution >= 0.6 is 11.6 Å². The Labute approximate surface area is 125 Å². The smallest absolute Gasteiger partial charge is 0.225 e. The van der Waals surface area contributed by atoms with Gasteiger partial charge in [-0.15, -0.1) is 0 Å². The first-order valence-corrected chi connectivity index (χ1v) is 7.42. The first-order valence-electron chi connectivity index (χ1n) is 7.04. The van der Waals surface area contributed by atoms with E-state index in [0.29, 0.717) is 30.2 Å². The summed E-state index contributed by atoms with van der Waals surface area (Å²) >= 11 is 5.87. The molecule has 1 rings (SSSR count). The van der Waals surface area contributed by atoms with Crippen LogP contribution in [0.5, 0.6) is 0 Å². The van der Waals surface area contributed by atoms with Crippen molar-refractivity contribution < 1.29 is 9.90 Å². The minimum Gasteiger partial charge on any atom is -0.395 e. The lowest BCUT2D eigenvalue weighted by Crippen LogP contribution is -2.31. The van der Waals surface area contributed by atoms with Gasteiger partial charge in [0.05, 0.1) is 6.61 Å². The molecule has 4 nitrogen and oxygen atoms in total. The number of amides is 1. The van der Waals surface area contributed by atoms with Gasteiger partial charge in [0.15, 0.2) is 0 Å². The Morgan fingerprint density at radius 2 is 2.15 bits per heavy atom. The lowest BCUT2D eigenvalue weighted by atomic mass is 10.2. The number of benzene rings is 1. The van der Waals surface area contributed by atoms with Crippen LogP contribution in [0.4, 0.5) is 5.69 Å². The van der Waals surface area contributed by atoms with Gasteiger partial charge in [0.1, 0.15) is 0 Å². The number of carbonyl (C=O) groups excluding carboxylic acids is 1. The molecule has 1 amide bonds. The number of rotatable bonds is 9. The first-order chi connectivity index (χ1) is 9.65. The van der Waals surface area contributed by atoms with E-state index in [1.165, 1.54) is 0 Å². The lowest BCUT2D eigenvalue weighted by molar-refractivity contribution is -0.116. The number of hydrogen-bond donors (Lipinski definition) is 2. The van der Waals surface area contributed by atoms with Crippen molar-refractivity contribution in [1.29, 1.82) is 0 Å². The highest BCUT2D eigenvalue weighted by Gasteiger charge is 2.08. The normalized spacial score (nSPS) is 10.8. The predicted molar refractivity (Wildman–Crippen MR) is 83.1 cm³/mol. The molecule has 0 saturated carbocycles. The van der Waals surface area contributed by atoms with Crippen LogP contribution in [0.2, 0.25) is 5.02 Å². The van der Waals surface area contributed by atoms with Crippen molar-refractivity contribution in [2.24, 2.45) is 0 Å². The number of aliphatic hydroxyl groups excluding tert-OH is 1. The zero-order valence-electron chi connectivity index (χ0n) is 11.9. The molecule has 0 atom stereocenters. The van der Waals surface area contributed by atoms with Crippen molar-refractivity contribution >= 4 is 23.2 Å². The Hall–Kier alpha value is -1.10. The summed E-state index contributed by atoms with van der Waals surface area (Å²) in [6.45, 7) is 4.45. The zero-order chi connectivity index (χ0) is 14.8. The molecule has 0 unspecified atom stereocenters. The maximum Gasteiger partial charge on any atom is 0.225 e. The van der Waals surface area contributed by atoms with E-state index in [1.54, 1.807) is 18.2 Å². The number of hydrogen-bond acceptors (Lipinski definition) is 3. The van der Waals surface area contributed by atoms with E-state index in [1.807, 2.05) is 6.07 Å². The van der Waals surface area contributed by atoms with Crippen LogP contribution in [0.3, 0.4) is 0 Å². The van der Waals surface area contributed by atoms with Crippen LogP contribution in [0.25, 0.3) is 0 Å². The van der Waals surface area contributed by atoms with Gasteiger partial charge in [-0.05, 0) is 31.2 Å². The van der Waals surface area contributed by atoms with Crippen molar-refractivity contribution in [3.8, 4) is 0 Å². The Balaban J connectivity index is 2.37. The molecule has 0 aliphatic rings. The van der Waals surface area contributed by atoms with E-state index in [9.17, 15) is 4.79 Å². The van der Waals surface area contributed by atoms with Gasteiger partial charge in [-0.2, -0.15) is 0 Å². The number of anilines is 1. The molecule has 0 spiro atoms. The van der Waals surface area contributed by atoms with Crippen LogP contribution in [-0.4, -0.2) is 42.2 Å². The number of unbranched alkanes of at least 4 members (excludes halogenated alkanes) is 1. The van der Waals surface area contributed by atoms with Crippen LogP contribution < -0.4 is 5.32 Å². The highest BCUT2D eigenvalue weighted by molar-refractivity contribution is 6.30. The molecule has 0 radical (unpaired) electrons. The summed E-state index contributed by atoms with van der Waals surface area (Å²) in [6.07, 6.45) is 2.60. The average Bonchev–Trinajstić information content (AvgIpc) is 2.42. The van der Waals surface area contributed by atoms with E-state index in [0.717, 1.165) is 19.4 Å². The van der Waals surface area contributed by atoms with Gasteiger partial charge >= 0.3 is 0 Å². The molecule has 0 aromatic heterocycles. The predicted octanol–water partition coefficient (Wildman–Crippen LogP) is 2.76. The highest BCUT2D eigenvalue weighted by atomic mass is 35.5. The van der Waals surface area contributed by atoms with E-state index in [2.05, 4.69) is 17.1 Å². The molecule has 1 aromatic carbocycles. The summed E-state index contributed by atoms with van der Waals surface area (Å²) in [6, 6.07) is 7.11. The molecular formula is C15H23ClN2O2. The third-order valence-corrected chi connectivity index (χ3v) is 3.24. The van der Waals surface area contributed by atoms with Crippen LogP contribution in [0.15, 0.2) is 24.3 Å². The fourth-order valence-electron chi connectivity index (χ4n) is 1.91. The lowest BCUT2D eigenvalue weighted by Gasteiger charge is -2.20. The van der Waals surface area contributed by atoms with E-state index in [-0.39, 0.29) is 12.5 Å². The number of carbonyl (C=O) groups is 1. The second-order valence-corrected chi connectivity index (χ2v) is 5.16. The summed E-state index contributed by atoms with van der Waals surface area (Å²) in [5.74, 6) is -0.0355. The Morgan fingerprint density at radius 3 is 2.80 bits per heavy atom. The maximum absolute atomic E-state index is 11.9. The topological polar surface area (TPSA) is 52.6 Å². The minimum absolute atomic E-state index is 0.0355. The van der Waals surface area contributed by atoms with E-state index >= 15 is 0 Å². The van der Waals surface area contributed by atoms with Crippen molar-refractivity contribution in [2.75, 3.05) is 31.6 Å². The summed E-state index contributed by atoms with van der Waals surface area (Å²) in [7, 11) is 0. The molecule has 20 heavy (non-hydrogen) atoms. The highest BCUT2D eigenvalue weighted by Crippen LogP contribution is 2.15. The molecule has 5 heteroatoms. The van der Waals surface area contributed by atoms with Gasteiger partial charge in [-0.3, -0.25) is 4.79 Å². The second kappa shape index (κ2) is 9.75. The third-order valence-electron chi connectivity index (χ3n) is 3.01. The van der Waals surface area contributed by atoms with Gasteiger partial charge in [0, 0.05) is 30.2 Å². The summed E-state index contributed by atoms with van der Waals surface area (Å²) in [4.78, 5) is 14.0. The van der Waals surface area contributed by atoms with Crippen molar-refractivity contribution in [1.82, 2.24) is 4.90 Å². The third kappa shape index (κ3) is 6.89. The molecule has 0 bridgehead atoms. The molecule has 0 heterocycles. The molecule has 112 valence electrons. The van der Waals surface area contributed by atoms with Gasteiger partial charge in [0.2, 0.25) is 5.91 Å². The zero-order valence-corrected chi connectivity index (χ0v) is 12.7. The second-order valence-electron chi connectivity index (χ2n) is 4.73. The quantitative estimate of drug-likeness (QED) is 0.737. The summed E-state index contributed by atoms with van der Waals surface area (Å²) in [5, 5.41) is 12.4. The van der Waals surface area contributed by atoms with Gasteiger partial charge in [-0.1, -0.05) is 31.0 Å². The standard InChI is InChI=1S/C15H23ClN2O2/c1-2-3-8-18(10-11-19)9-7-15(20)17-14-6-4-5-13(16)12-14/h4-6,12,19H,2-3,7-11H2,1H3,(H,17,20). The molecule has 0 saturated heterocycles. The molecular weight excluding hydrogens is 276 g/mol. The van der Waals surface area contributed by atoms with Gasteiger partial charge < -0.3 is 15.3 Å². The fraction of sp³-hybridized carbons (Fsp3) is 0.533. The number of halogens is 1. The maximum atomic E-state index is 11.9. The van der Waals surface area contributed by atoms with Crippen LogP contribution in [-0.2, 0) is 4.79 Å². The SMILES string of the molecule is CCCCN(CCO)CCC(=O)Nc1cccc(Cl)c1. The Bertz CT molecular complexity index is 413. The molecule has 1 aromatic rings. The van der Waals surface area contributed by atoms with Crippen molar-refractivity contribution in [3.63, 3.8) is 0 Å². The molecule has 0 aliphatic heterocycles. The van der Waals surface area contributed by atoms with Crippen molar-refractivity contribution in [2.45, 2.75) is 26.2 Å². The molecule has 0 aliphatic carbocycles. The fourth-order valence-corrected chi connectivity index (χ4v) is 2.10. The number of nitrogens with one attached hydrogen (secondary N) is 1. The summed E-state index contributed by atoms with van der Waals surface area (Å²) in [5.41, 5.74) is 0.713. The Morgan fingerprint density at radius 1 is 1.35 bits per heavy atom. The average molecular weight is 299 g/mol. The van der Waals surface area contributed by atoms with Crippen LogP contribution in [0, 0.1) is 0 Å². The van der Waals surface area contributed by atoms with Crippen molar-refractivity contribution in [3.05, 3.63) is 29.3 Å². The van der Waals surface area contributed by atoms with Gasteiger partial charge in [-0.25, -0.2) is 0 Å². The number of aliphatic hydroxyl groups is 1. The van der Waals surface area contributed by atoms with E-state index < -0.39 is 0 Å². The first kappa shape index (κ1) is 17.0. The minimum atomic E-state index is -0.0355. The van der Waals surface area contributed by atoms with E-state index in [4.69, 9.17) is 16.7 Å². The monoisotopic (exact) mass is 298 g/mol. The molecule has 0 fully saturated rings. The van der Waals surface area contributed by atoms with Gasteiger partial charge in [0.25, 0.3) is 0 Å². The summed E-state index contributed by atoms with van der Waals surface area (Å²) < 4.78 is 0. The number of nitrogens with zero attached hydrogens (tertiary/aromatic N) is 1. The van der Waals surface area contributed by atoms with Crippen LogP contribution in [0.1, 0.15) is 26.2 Å². The Kier molecular flexibility index (Phi) is 8.26.